The Labute approximate surface area is 166 Å². The fourth-order valence-corrected chi connectivity index (χ4v) is 5.55. The minimum atomic E-state index is -3.92. The minimum Gasteiger partial charge on any atom is -0.385 e. The second-order valence-corrected chi connectivity index (χ2v) is 10.7. The molecule has 0 radical (unpaired) electrons. The Balaban J connectivity index is 2.22. The lowest BCUT2D eigenvalue weighted by Crippen LogP contribution is -2.26. The molecular formula is C19H24N2O5S2. The van der Waals surface area contributed by atoms with Crippen LogP contribution in [0.4, 0.5) is 5.69 Å². The monoisotopic (exact) mass is 424 g/mol. The molecule has 1 aliphatic rings. The van der Waals surface area contributed by atoms with Crippen molar-refractivity contribution in [1.82, 2.24) is 5.32 Å². The lowest BCUT2D eigenvalue weighted by Gasteiger charge is -2.22. The molecular weight excluding hydrogens is 400 g/mol. The lowest BCUT2D eigenvalue weighted by atomic mass is 9.97. The number of rotatable bonds is 6. The minimum absolute atomic E-state index is 0.00151. The second-order valence-electron chi connectivity index (χ2n) is 6.74. The number of sulfone groups is 1. The van der Waals surface area contributed by atoms with Gasteiger partial charge < -0.3 is 10.1 Å². The van der Waals surface area contributed by atoms with Gasteiger partial charge in [-0.1, -0.05) is 24.3 Å². The van der Waals surface area contributed by atoms with Gasteiger partial charge in [-0.25, -0.2) is 16.8 Å². The summed E-state index contributed by atoms with van der Waals surface area (Å²) < 4.78 is 56.8. The number of hydrogen-bond acceptors (Lipinski definition) is 6. The summed E-state index contributed by atoms with van der Waals surface area (Å²) >= 11 is 0. The standard InChI is InChI=1S/C19H24N2O5S2/c1-21-17-8-5-4-7-15(17)19(20-11-6-12-26-2)16-10-9-14(27(3,22)23)13-18(16)28(21,24)25/h4-5,7-10,13,19-20H,6,11-12H2,1-3H3. The van der Waals surface area contributed by atoms with E-state index in [1.165, 1.54) is 23.5 Å². The SMILES string of the molecule is COCCCNC1c2ccccc2N(C)S(=O)(=O)c2cc(S(C)(=O)=O)ccc21. The molecule has 1 heterocycles. The fourth-order valence-electron chi connectivity index (χ4n) is 3.35. The van der Waals surface area contributed by atoms with Crippen LogP contribution in [0.25, 0.3) is 0 Å². The molecule has 7 nitrogen and oxygen atoms in total. The Bertz CT molecular complexity index is 1080. The van der Waals surface area contributed by atoms with Crippen LogP contribution in [-0.4, -0.2) is 50.4 Å². The average molecular weight is 425 g/mol. The van der Waals surface area contributed by atoms with E-state index >= 15 is 0 Å². The zero-order valence-corrected chi connectivity index (χ0v) is 17.7. The first-order valence-electron chi connectivity index (χ1n) is 8.82. The third-order valence-corrected chi connectivity index (χ3v) is 7.76. The van der Waals surface area contributed by atoms with Gasteiger partial charge in [0.15, 0.2) is 9.84 Å². The van der Waals surface area contributed by atoms with E-state index in [1.54, 1.807) is 25.3 Å². The molecule has 1 atom stereocenters. The van der Waals surface area contributed by atoms with E-state index in [0.29, 0.717) is 24.4 Å². The van der Waals surface area contributed by atoms with Crippen molar-refractivity contribution in [3.05, 3.63) is 53.6 Å². The summed E-state index contributed by atoms with van der Waals surface area (Å²) in [6.07, 6.45) is 1.82. The Morgan fingerprint density at radius 1 is 1.14 bits per heavy atom. The number of sulfonamides is 1. The average Bonchev–Trinajstić information content (AvgIpc) is 2.72. The molecule has 1 aliphatic heterocycles. The van der Waals surface area contributed by atoms with Crippen LogP contribution in [0.2, 0.25) is 0 Å². The molecule has 0 aromatic heterocycles. The van der Waals surface area contributed by atoms with E-state index in [1.807, 2.05) is 12.1 Å². The predicted octanol–water partition coefficient (Wildman–Crippen LogP) is 1.94. The van der Waals surface area contributed by atoms with E-state index in [9.17, 15) is 16.8 Å². The molecule has 0 saturated carbocycles. The third-order valence-electron chi connectivity index (χ3n) is 4.82. The summed E-state index contributed by atoms with van der Waals surface area (Å²) in [6, 6.07) is 11.2. The Kier molecular flexibility index (Phi) is 5.81. The maximum Gasteiger partial charge on any atom is 0.264 e. The van der Waals surface area contributed by atoms with Gasteiger partial charge in [0.2, 0.25) is 0 Å². The molecule has 0 amide bonds. The number of benzene rings is 2. The highest BCUT2D eigenvalue weighted by Gasteiger charge is 2.35. The molecule has 0 spiro atoms. The number of methoxy groups -OCH3 is 1. The fraction of sp³-hybridized carbons (Fsp3) is 0.368. The van der Waals surface area contributed by atoms with Crippen LogP contribution < -0.4 is 9.62 Å². The summed E-state index contributed by atoms with van der Waals surface area (Å²) in [4.78, 5) is -0.0225. The summed E-state index contributed by atoms with van der Waals surface area (Å²) in [5.74, 6) is 0. The largest absolute Gasteiger partial charge is 0.385 e. The first-order chi connectivity index (χ1) is 13.2. The first-order valence-corrected chi connectivity index (χ1v) is 12.1. The van der Waals surface area contributed by atoms with Gasteiger partial charge in [-0.2, -0.15) is 0 Å². The van der Waals surface area contributed by atoms with E-state index in [4.69, 9.17) is 4.74 Å². The van der Waals surface area contributed by atoms with Crippen LogP contribution >= 0.6 is 0 Å². The number of para-hydroxylation sites is 1. The van der Waals surface area contributed by atoms with Crippen LogP contribution in [0.15, 0.2) is 52.3 Å². The van der Waals surface area contributed by atoms with Crippen molar-refractivity contribution in [1.29, 1.82) is 0 Å². The summed E-state index contributed by atoms with van der Waals surface area (Å²) in [6.45, 7) is 1.20. The van der Waals surface area contributed by atoms with Gasteiger partial charge in [0.1, 0.15) is 0 Å². The molecule has 0 aliphatic carbocycles. The van der Waals surface area contributed by atoms with Crippen molar-refractivity contribution in [3.63, 3.8) is 0 Å². The molecule has 0 saturated heterocycles. The molecule has 0 bridgehead atoms. The molecule has 2 aromatic rings. The van der Waals surface area contributed by atoms with Crippen LogP contribution in [0, 0.1) is 0 Å². The van der Waals surface area contributed by atoms with Crippen LogP contribution in [-0.2, 0) is 24.6 Å². The van der Waals surface area contributed by atoms with Gasteiger partial charge in [0.05, 0.1) is 21.5 Å². The lowest BCUT2D eigenvalue weighted by molar-refractivity contribution is 0.193. The van der Waals surface area contributed by atoms with Crippen molar-refractivity contribution < 1.29 is 21.6 Å². The zero-order chi connectivity index (χ0) is 20.5. The van der Waals surface area contributed by atoms with Gasteiger partial charge in [-0.15, -0.1) is 0 Å². The quantitative estimate of drug-likeness (QED) is 0.713. The first kappa shape index (κ1) is 20.8. The van der Waals surface area contributed by atoms with Crippen molar-refractivity contribution in [2.24, 2.45) is 0 Å². The number of anilines is 1. The number of hydrogen-bond donors (Lipinski definition) is 1. The van der Waals surface area contributed by atoms with Crippen molar-refractivity contribution in [2.75, 3.05) is 37.9 Å². The predicted molar refractivity (Wildman–Crippen MR) is 108 cm³/mol. The summed E-state index contributed by atoms with van der Waals surface area (Å²) in [5.41, 5.74) is 1.90. The van der Waals surface area contributed by atoms with Gasteiger partial charge >= 0.3 is 0 Å². The molecule has 0 fully saturated rings. The highest BCUT2D eigenvalue weighted by Crippen LogP contribution is 2.40. The summed E-state index contributed by atoms with van der Waals surface area (Å²) in [7, 11) is -4.35. The van der Waals surface area contributed by atoms with Crippen molar-refractivity contribution >= 4 is 25.5 Å². The third kappa shape index (κ3) is 3.80. The highest BCUT2D eigenvalue weighted by molar-refractivity contribution is 7.93. The number of ether oxygens (including phenoxy) is 1. The van der Waals surface area contributed by atoms with Gasteiger partial charge in [-0.3, -0.25) is 4.31 Å². The van der Waals surface area contributed by atoms with Crippen LogP contribution in [0.3, 0.4) is 0 Å². The molecule has 2 aromatic carbocycles. The highest BCUT2D eigenvalue weighted by atomic mass is 32.2. The van der Waals surface area contributed by atoms with E-state index < -0.39 is 25.9 Å². The molecule has 1 unspecified atom stereocenters. The molecule has 9 heteroatoms. The van der Waals surface area contributed by atoms with Gasteiger partial charge in [0.25, 0.3) is 10.0 Å². The van der Waals surface area contributed by atoms with Crippen LogP contribution in [0.1, 0.15) is 23.6 Å². The van der Waals surface area contributed by atoms with E-state index in [0.717, 1.165) is 18.2 Å². The number of nitrogens with zero attached hydrogens (tertiary/aromatic N) is 1. The Morgan fingerprint density at radius 2 is 1.86 bits per heavy atom. The normalized spacial score (nSPS) is 18.2. The zero-order valence-electron chi connectivity index (χ0n) is 16.0. The Hall–Kier alpha value is -1.94. The molecule has 3 rings (SSSR count). The molecule has 152 valence electrons. The number of fused-ring (bicyclic) bond motifs is 2. The van der Waals surface area contributed by atoms with Gasteiger partial charge in [-0.05, 0) is 42.3 Å². The van der Waals surface area contributed by atoms with Crippen molar-refractivity contribution in [3.8, 4) is 0 Å². The van der Waals surface area contributed by atoms with Crippen LogP contribution in [0.5, 0.6) is 0 Å². The van der Waals surface area contributed by atoms with Crippen molar-refractivity contribution in [2.45, 2.75) is 22.3 Å². The van der Waals surface area contributed by atoms with E-state index in [-0.39, 0.29) is 9.79 Å². The molecule has 1 N–H and O–H groups in total. The Morgan fingerprint density at radius 3 is 2.54 bits per heavy atom. The summed E-state index contributed by atoms with van der Waals surface area (Å²) in [5, 5.41) is 3.40. The maximum absolute atomic E-state index is 13.3. The maximum atomic E-state index is 13.3. The van der Waals surface area contributed by atoms with E-state index in [2.05, 4.69) is 5.32 Å². The smallest absolute Gasteiger partial charge is 0.264 e. The topological polar surface area (TPSA) is 92.8 Å². The molecule has 28 heavy (non-hydrogen) atoms. The number of nitrogens with one attached hydrogen (secondary N) is 1. The second kappa shape index (κ2) is 7.82. The van der Waals surface area contributed by atoms with Gasteiger partial charge in [0, 0.05) is 27.0 Å².